The Morgan fingerprint density at radius 3 is 2.60 bits per heavy atom. The monoisotopic (exact) mass is 267 g/mol. The Hall–Kier alpha value is -2.43. The maximum Gasteiger partial charge on any atom is 0.130 e. The van der Waals surface area contributed by atoms with Crippen LogP contribution in [0.5, 0.6) is 0 Å². The Morgan fingerprint density at radius 1 is 1.10 bits per heavy atom. The summed E-state index contributed by atoms with van der Waals surface area (Å²) in [6.07, 6.45) is 0.657. The molecule has 102 valence electrons. The molecule has 0 aliphatic rings. The minimum atomic E-state index is 0.547. The fraction of sp³-hybridized carbons (Fsp3) is 0.267. The van der Waals surface area contributed by atoms with E-state index in [2.05, 4.69) is 25.6 Å². The van der Waals surface area contributed by atoms with Crippen molar-refractivity contribution in [1.29, 1.82) is 0 Å². The minimum absolute atomic E-state index is 0.547. The van der Waals surface area contributed by atoms with Crippen LogP contribution in [-0.2, 0) is 13.5 Å². The van der Waals surface area contributed by atoms with Crippen molar-refractivity contribution in [3.8, 4) is 0 Å². The van der Waals surface area contributed by atoms with Gasteiger partial charge >= 0.3 is 0 Å². The van der Waals surface area contributed by atoms with Gasteiger partial charge in [0.1, 0.15) is 17.5 Å². The lowest BCUT2D eigenvalue weighted by atomic mass is 10.1. The van der Waals surface area contributed by atoms with Crippen LogP contribution in [0.2, 0.25) is 0 Å². The van der Waals surface area contributed by atoms with Gasteiger partial charge in [0, 0.05) is 19.0 Å². The molecule has 0 saturated heterocycles. The van der Waals surface area contributed by atoms with Crippen molar-refractivity contribution in [1.82, 2.24) is 19.5 Å². The van der Waals surface area contributed by atoms with Crippen LogP contribution in [-0.4, -0.2) is 19.5 Å². The second kappa shape index (κ2) is 4.59. The summed E-state index contributed by atoms with van der Waals surface area (Å²) in [5.74, 6) is 2.22. The highest BCUT2D eigenvalue weighted by atomic mass is 15.1. The summed E-state index contributed by atoms with van der Waals surface area (Å²) in [7, 11) is 2.03. The molecule has 0 saturated carbocycles. The van der Waals surface area contributed by atoms with Crippen molar-refractivity contribution in [3.05, 3.63) is 47.2 Å². The molecule has 0 unspecified atom stereocenters. The number of rotatable bonds is 2. The average molecular weight is 267 g/mol. The predicted octanol–water partition coefficient (Wildman–Crippen LogP) is 2.15. The number of nitrogens with zero attached hydrogens (tertiary/aromatic N) is 4. The molecule has 3 aromatic rings. The molecule has 0 amide bonds. The van der Waals surface area contributed by atoms with Crippen LogP contribution in [0.4, 0.5) is 5.82 Å². The fourth-order valence-electron chi connectivity index (χ4n) is 2.39. The number of aromatic nitrogens is 4. The normalized spacial score (nSPS) is 11.2. The molecule has 0 aliphatic carbocycles. The molecule has 0 aliphatic heterocycles. The molecule has 2 aromatic heterocycles. The first kappa shape index (κ1) is 12.6. The van der Waals surface area contributed by atoms with Gasteiger partial charge in [-0.1, -0.05) is 12.1 Å². The lowest BCUT2D eigenvalue weighted by Crippen LogP contribution is -2.08. The summed E-state index contributed by atoms with van der Waals surface area (Å²) < 4.78 is 2.10. The molecule has 5 heteroatoms. The highest BCUT2D eigenvalue weighted by Gasteiger charge is 2.12. The van der Waals surface area contributed by atoms with Crippen LogP contribution in [0.3, 0.4) is 0 Å². The van der Waals surface area contributed by atoms with Gasteiger partial charge in [0.15, 0.2) is 0 Å². The SMILES string of the molecule is Cc1nc(N)c(C)c(Cc2nc3ccccc3n2C)n1. The first-order chi connectivity index (χ1) is 9.56. The molecular weight excluding hydrogens is 250 g/mol. The summed E-state index contributed by atoms with van der Waals surface area (Å²) >= 11 is 0. The van der Waals surface area contributed by atoms with E-state index >= 15 is 0 Å². The van der Waals surface area contributed by atoms with Crippen LogP contribution >= 0.6 is 0 Å². The third-order valence-corrected chi connectivity index (χ3v) is 3.60. The van der Waals surface area contributed by atoms with Gasteiger partial charge in [0.05, 0.1) is 16.7 Å². The van der Waals surface area contributed by atoms with E-state index in [0.717, 1.165) is 28.1 Å². The molecule has 2 heterocycles. The average Bonchev–Trinajstić information content (AvgIpc) is 2.73. The topological polar surface area (TPSA) is 69.6 Å². The zero-order valence-corrected chi connectivity index (χ0v) is 11.9. The summed E-state index contributed by atoms with van der Waals surface area (Å²) in [5, 5.41) is 0. The van der Waals surface area contributed by atoms with Crippen molar-refractivity contribution in [2.75, 3.05) is 5.73 Å². The number of imidazole rings is 1. The molecule has 0 spiro atoms. The van der Waals surface area contributed by atoms with E-state index in [1.807, 2.05) is 39.1 Å². The zero-order chi connectivity index (χ0) is 14.3. The molecule has 0 fully saturated rings. The van der Waals surface area contributed by atoms with E-state index in [1.54, 1.807) is 0 Å². The molecule has 20 heavy (non-hydrogen) atoms. The number of aryl methyl sites for hydroxylation is 2. The number of para-hydroxylation sites is 2. The minimum Gasteiger partial charge on any atom is -0.383 e. The summed E-state index contributed by atoms with van der Waals surface area (Å²) in [5.41, 5.74) is 9.91. The molecule has 0 atom stereocenters. The van der Waals surface area contributed by atoms with Crippen molar-refractivity contribution in [3.63, 3.8) is 0 Å². The number of nitrogens with two attached hydrogens (primary N) is 1. The smallest absolute Gasteiger partial charge is 0.130 e. The first-order valence-corrected chi connectivity index (χ1v) is 6.56. The Bertz CT molecular complexity index is 788. The summed E-state index contributed by atoms with van der Waals surface area (Å²) in [6, 6.07) is 8.10. The zero-order valence-electron chi connectivity index (χ0n) is 11.9. The summed E-state index contributed by atoms with van der Waals surface area (Å²) in [6.45, 7) is 3.81. The van der Waals surface area contributed by atoms with Crippen LogP contribution in [0, 0.1) is 13.8 Å². The third-order valence-electron chi connectivity index (χ3n) is 3.60. The Balaban J connectivity index is 2.08. The Morgan fingerprint density at radius 2 is 1.85 bits per heavy atom. The molecule has 0 bridgehead atoms. The van der Waals surface area contributed by atoms with Crippen LogP contribution in [0.25, 0.3) is 11.0 Å². The highest BCUT2D eigenvalue weighted by Crippen LogP contribution is 2.19. The third kappa shape index (κ3) is 2.01. The quantitative estimate of drug-likeness (QED) is 0.772. The van der Waals surface area contributed by atoms with Crippen molar-refractivity contribution in [2.24, 2.45) is 7.05 Å². The van der Waals surface area contributed by atoms with E-state index < -0.39 is 0 Å². The van der Waals surface area contributed by atoms with E-state index in [-0.39, 0.29) is 0 Å². The predicted molar refractivity (Wildman–Crippen MR) is 79.4 cm³/mol. The van der Waals surface area contributed by atoms with Gasteiger partial charge in [0.2, 0.25) is 0 Å². The fourth-order valence-corrected chi connectivity index (χ4v) is 2.39. The number of nitrogen functional groups attached to an aromatic ring is 1. The van der Waals surface area contributed by atoms with Crippen LogP contribution in [0.1, 0.15) is 22.9 Å². The second-order valence-corrected chi connectivity index (χ2v) is 4.98. The van der Waals surface area contributed by atoms with E-state index in [0.29, 0.717) is 18.1 Å². The van der Waals surface area contributed by atoms with Gasteiger partial charge in [-0.15, -0.1) is 0 Å². The molecule has 3 rings (SSSR count). The molecular formula is C15H17N5. The van der Waals surface area contributed by atoms with Crippen molar-refractivity contribution in [2.45, 2.75) is 20.3 Å². The summed E-state index contributed by atoms with van der Waals surface area (Å²) in [4.78, 5) is 13.3. The number of anilines is 1. The van der Waals surface area contributed by atoms with E-state index in [4.69, 9.17) is 5.73 Å². The first-order valence-electron chi connectivity index (χ1n) is 6.56. The van der Waals surface area contributed by atoms with Crippen molar-refractivity contribution >= 4 is 16.9 Å². The lowest BCUT2D eigenvalue weighted by molar-refractivity contribution is 0.819. The number of fused-ring (bicyclic) bond motifs is 1. The second-order valence-electron chi connectivity index (χ2n) is 4.98. The highest BCUT2D eigenvalue weighted by molar-refractivity contribution is 5.75. The van der Waals surface area contributed by atoms with Gasteiger partial charge in [0.25, 0.3) is 0 Å². The van der Waals surface area contributed by atoms with Crippen LogP contribution < -0.4 is 5.73 Å². The number of hydrogen-bond donors (Lipinski definition) is 1. The molecule has 0 radical (unpaired) electrons. The standard InChI is InChI=1S/C15H17N5/c1-9-12(17-10(2)18-15(9)16)8-14-19-11-6-4-5-7-13(11)20(14)3/h4-7H,8H2,1-3H3,(H2,16,17,18). The van der Waals surface area contributed by atoms with Gasteiger partial charge in [-0.2, -0.15) is 0 Å². The maximum absolute atomic E-state index is 5.91. The molecule has 5 nitrogen and oxygen atoms in total. The van der Waals surface area contributed by atoms with E-state index in [9.17, 15) is 0 Å². The largest absolute Gasteiger partial charge is 0.383 e. The maximum atomic E-state index is 5.91. The molecule has 2 N–H and O–H groups in total. The van der Waals surface area contributed by atoms with Crippen LogP contribution in [0.15, 0.2) is 24.3 Å². The Labute approximate surface area is 117 Å². The van der Waals surface area contributed by atoms with Crippen molar-refractivity contribution < 1.29 is 0 Å². The van der Waals surface area contributed by atoms with Gasteiger partial charge in [-0.05, 0) is 26.0 Å². The number of hydrogen-bond acceptors (Lipinski definition) is 4. The van der Waals surface area contributed by atoms with Gasteiger partial charge in [-0.25, -0.2) is 15.0 Å². The Kier molecular flexibility index (Phi) is 2.89. The van der Waals surface area contributed by atoms with Gasteiger partial charge < -0.3 is 10.3 Å². The molecule has 1 aromatic carbocycles. The number of benzene rings is 1. The van der Waals surface area contributed by atoms with E-state index in [1.165, 1.54) is 0 Å². The lowest BCUT2D eigenvalue weighted by Gasteiger charge is -2.08. The van der Waals surface area contributed by atoms with Gasteiger partial charge in [-0.3, -0.25) is 0 Å².